The number of hydrogen-bond acceptors (Lipinski definition) is 4. The molecule has 4 atom stereocenters. The van der Waals surface area contributed by atoms with E-state index in [0.29, 0.717) is 13.0 Å². The van der Waals surface area contributed by atoms with Gasteiger partial charge in [0.2, 0.25) is 11.8 Å². The Balaban J connectivity index is 1.85. The van der Waals surface area contributed by atoms with Gasteiger partial charge < -0.3 is 16.0 Å². The molecule has 0 bridgehead atoms. The molecule has 0 aromatic heterocycles. The van der Waals surface area contributed by atoms with Gasteiger partial charge in [0.15, 0.2) is 0 Å². The maximum Gasteiger partial charge on any atom is 0.393 e. The van der Waals surface area contributed by atoms with Crippen LogP contribution in [0, 0.1) is 23.2 Å². The highest BCUT2D eigenvalue weighted by molar-refractivity contribution is 5.83. The minimum Gasteiger partial charge on any atom is -0.356 e. The van der Waals surface area contributed by atoms with Gasteiger partial charge in [0.05, 0.1) is 18.0 Å². The van der Waals surface area contributed by atoms with E-state index in [2.05, 4.69) is 16.0 Å². The third-order valence-electron chi connectivity index (χ3n) is 4.07. The topological polar surface area (TPSA) is 94.0 Å². The molecule has 122 valence electrons. The Kier molecular flexibility index (Phi) is 4.90. The summed E-state index contributed by atoms with van der Waals surface area (Å²) in [7, 11) is 0. The SMILES string of the molecule is N#C[C@H](C[C@@H]1CCNC1=O)NC(=O)[C@@H]1C[C@@H](C(F)(F)F)CN1. The zero-order chi connectivity index (χ0) is 16.3. The number of carbonyl (C=O) groups is 2. The fraction of sp³-hybridized carbons (Fsp3) is 0.769. The second-order valence-electron chi connectivity index (χ2n) is 5.64. The smallest absolute Gasteiger partial charge is 0.356 e. The number of alkyl halides is 3. The van der Waals surface area contributed by atoms with Gasteiger partial charge in [0.25, 0.3) is 0 Å². The third kappa shape index (κ3) is 3.88. The molecule has 2 rings (SSSR count). The Bertz CT molecular complexity index is 489. The number of nitrogens with zero attached hydrogens (tertiary/aromatic N) is 1. The number of nitriles is 1. The van der Waals surface area contributed by atoms with Crippen LogP contribution in [0.15, 0.2) is 0 Å². The molecule has 2 saturated heterocycles. The summed E-state index contributed by atoms with van der Waals surface area (Å²) in [5.41, 5.74) is 0. The monoisotopic (exact) mass is 318 g/mol. The highest BCUT2D eigenvalue weighted by Crippen LogP contribution is 2.32. The van der Waals surface area contributed by atoms with Gasteiger partial charge in [0.1, 0.15) is 6.04 Å². The first-order chi connectivity index (χ1) is 10.3. The number of halogens is 3. The number of nitrogens with one attached hydrogen (secondary N) is 3. The lowest BCUT2D eigenvalue weighted by atomic mass is 9.98. The molecule has 2 heterocycles. The fourth-order valence-electron chi connectivity index (χ4n) is 2.76. The molecule has 22 heavy (non-hydrogen) atoms. The molecule has 0 aromatic carbocycles. The summed E-state index contributed by atoms with van der Waals surface area (Å²) < 4.78 is 37.7. The number of hydrogen-bond donors (Lipinski definition) is 3. The lowest BCUT2D eigenvalue weighted by Gasteiger charge is -2.17. The minimum absolute atomic E-state index is 0.161. The van der Waals surface area contributed by atoms with Crippen molar-refractivity contribution in [3.63, 3.8) is 0 Å². The Hall–Kier alpha value is -1.82. The molecule has 6 nitrogen and oxygen atoms in total. The van der Waals surface area contributed by atoms with Gasteiger partial charge in [0, 0.05) is 19.0 Å². The molecule has 0 unspecified atom stereocenters. The Labute approximate surface area is 125 Å². The normalized spacial score (nSPS) is 29.7. The van der Waals surface area contributed by atoms with Crippen molar-refractivity contribution in [2.75, 3.05) is 13.1 Å². The number of carbonyl (C=O) groups excluding carboxylic acids is 2. The van der Waals surface area contributed by atoms with Crippen molar-refractivity contribution in [3.8, 4) is 6.07 Å². The molecule has 0 saturated carbocycles. The van der Waals surface area contributed by atoms with E-state index in [-0.39, 0.29) is 31.2 Å². The molecule has 2 aliphatic heterocycles. The van der Waals surface area contributed by atoms with E-state index in [4.69, 9.17) is 5.26 Å². The summed E-state index contributed by atoms with van der Waals surface area (Å²) in [5.74, 6) is -2.68. The molecule has 2 fully saturated rings. The Morgan fingerprint density at radius 2 is 2.23 bits per heavy atom. The zero-order valence-corrected chi connectivity index (χ0v) is 11.7. The first-order valence-corrected chi connectivity index (χ1v) is 7.09. The largest absolute Gasteiger partial charge is 0.393 e. The van der Waals surface area contributed by atoms with Crippen molar-refractivity contribution in [2.24, 2.45) is 11.8 Å². The van der Waals surface area contributed by atoms with Crippen LogP contribution >= 0.6 is 0 Å². The highest BCUT2D eigenvalue weighted by Gasteiger charge is 2.46. The van der Waals surface area contributed by atoms with Gasteiger partial charge in [-0.05, 0) is 19.3 Å². The molecule has 0 aromatic rings. The predicted molar refractivity (Wildman–Crippen MR) is 69.2 cm³/mol. The van der Waals surface area contributed by atoms with Crippen LogP contribution in [-0.2, 0) is 9.59 Å². The molecule has 0 aliphatic carbocycles. The zero-order valence-electron chi connectivity index (χ0n) is 11.7. The maximum absolute atomic E-state index is 12.6. The van der Waals surface area contributed by atoms with E-state index in [0.717, 1.165) is 0 Å². The van der Waals surface area contributed by atoms with E-state index in [1.165, 1.54) is 0 Å². The van der Waals surface area contributed by atoms with Gasteiger partial charge in [-0.2, -0.15) is 18.4 Å². The van der Waals surface area contributed by atoms with Crippen LogP contribution in [0.1, 0.15) is 19.3 Å². The predicted octanol–water partition coefficient (Wildman–Crippen LogP) is 0.0614. The molecule has 0 radical (unpaired) electrons. The first kappa shape index (κ1) is 16.5. The molecular weight excluding hydrogens is 301 g/mol. The van der Waals surface area contributed by atoms with E-state index in [1.54, 1.807) is 0 Å². The average molecular weight is 318 g/mol. The minimum atomic E-state index is -4.33. The molecule has 9 heteroatoms. The number of rotatable bonds is 4. The second kappa shape index (κ2) is 6.52. The molecule has 3 N–H and O–H groups in total. The Morgan fingerprint density at radius 1 is 1.50 bits per heavy atom. The van der Waals surface area contributed by atoms with E-state index >= 15 is 0 Å². The van der Waals surface area contributed by atoms with Gasteiger partial charge in [-0.1, -0.05) is 0 Å². The summed E-state index contributed by atoms with van der Waals surface area (Å²) in [6.07, 6.45) is -3.91. The van der Waals surface area contributed by atoms with Crippen molar-refractivity contribution in [3.05, 3.63) is 0 Å². The van der Waals surface area contributed by atoms with Crippen molar-refractivity contribution in [1.82, 2.24) is 16.0 Å². The summed E-state index contributed by atoms with van der Waals surface area (Å²) in [6.45, 7) is 0.233. The quantitative estimate of drug-likeness (QED) is 0.683. The van der Waals surface area contributed by atoms with Crippen LogP contribution in [0.4, 0.5) is 13.2 Å². The van der Waals surface area contributed by atoms with Gasteiger partial charge in [-0.15, -0.1) is 0 Å². The van der Waals surface area contributed by atoms with Crippen LogP contribution in [0.5, 0.6) is 0 Å². The fourth-order valence-corrected chi connectivity index (χ4v) is 2.76. The maximum atomic E-state index is 12.6. The van der Waals surface area contributed by atoms with Crippen LogP contribution < -0.4 is 16.0 Å². The summed E-state index contributed by atoms with van der Waals surface area (Å²) in [4.78, 5) is 23.4. The average Bonchev–Trinajstić information content (AvgIpc) is 3.07. The van der Waals surface area contributed by atoms with Crippen molar-refractivity contribution in [2.45, 2.75) is 37.5 Å². The van der Waals surface area contributed by atoms with Crippen molar-refractivity contribution < 1.29 is 22.8 Å². The van der Waals surface area contributed by atoms with E-state index in [1.807, 2.05) is 6.07 Å². The van der Waals surface area contributed by atoms with Crippen molar-refractivity contribution >= 4 is 11.8 Å². The third-order valence-corrected chi connectivity index (χ3v) is 4.07. The molecule has 0 spiro atoms. The Morgan fingerprint density at radius 3 is 2.73 bits per heavy atom. The highest BCUT2D eigenvalue weighted by atomic mass is 19.4. The van der Waals surface area contributed by atoms with Crippen molar-refractivity contribution in [1.29, 1.82) is 5.26 Å². The summed E-state index contributed by atoms with van der Waals surface area (Å²) in [5, 5.41) is 16.6. The standard InChI is InChI=1S/C13H17F3N4O2/c14-13(15,16)8-4-10(19-6-8)12(22)20-9(5-17)3-7-1-2-18-11(7)21/h7-10,19H,1-4,6H2,(H,18,21)(H,20,22)/t7-,8+,9-,10-/m0/s1. The van der Waals surface area contributed by atoms with Crippen LogP contribution in [-0.4, -0.2) is 43.2 Å². The number of amides is 2. The second-order valence-corrected chi connectivity index (χ2v) is 5.64. The summed E-state index contributed by atoms with van der Waals surface area (Å²) in [6, 6.07) is 0.0435. The lowest BCUT2D eigenvalue weighted by molar-refractivity contribution is -0.169. The van der Waals surface area contributed by atoms with Crippen LogP contribution in [0.2, 0.25) is 0 Å². The van der Waals surface area contributed by atoms with Gasteiger partial charge >= 0.3 is 6.18 Å². The van der Waals surface area contributed by atoms with Crippen LogP contribution in [0.3, 0.4) is 0 Å². The van der Waals surface area contributed by atoms with E-state index < -0.39 is 30.1 Å². The lowest BCUT2D eigenvalue weighted by Crippen LogP contribution is -2.45. The first-order valence-electron chi connectivity index (χ1n) is 7.09. The van der Waals surface area contributed by atoms with E-state index in [9.17, 15) is 22.8 Å². The van der Waals surface area contributed by atoms with Gasteiger partial charge in [-0.25, -0.2) is 0 Å². The summed E-state index contributed by atoms with van der Waals surface area (Å²) >= 11 is 0. The molecule has 2 amide bonds. The van der Waals surface area contributed by atoms with Gasteiger partial charge in [-0.3, -0.25) is 9.59 Å². The molecular formula is C13H17F3N4O2. The molecule has 2 aliphatic rings. The van der Waals surface area contributed by atoms with Crippen LogP contribution in [0.25, 0.3) is 0 Å².